The van der Waals surface area contributed by atoms with Gasteiger partial charge in [0.1, 0.15) is 0 Å². The first-order valence-electron chi connectivity index (χ1n) is 12.2. The highest BCUT2D eigenvalue weighted by atomic mass is 16.5. The van der Waals surface area contributed by atoms with Crippen molar-refractivity contribution in [2.75, 3.05) is 61.2 Å². The van der Waals surface area contributed by atoms with Gasteiger partial charge in [0.05, 0.1) is 0 Å². The van der Waals surface area contributed by atoms with E-state index in [1.165, 1.54) is 57.8 Å². The third-order valence-corrected chi connectivity index (χ3v) is 6.39. The highest BCUT2D eigenvalue weighted by Gasteiger charge is 2.13. The van der Waals surface area contributed by atoms with Gasteiger partial charge in [-0.15, -0.1) is 0 Å². The minimum atomic E-state index is 0.712. The normalized spacial score (nSPS) is 22.7. The van der Waals surface area contributed by atoms with Crippen LogP contribution in [0, 0.1) is 5.92 Å². The van der Waals surface area contributed by atoms with E-state index in [2.05, 4.69) is 33.4 Å². The van der Waals surface area contributed by atoms with Crippen molar-refractivity contribution in [2.45, 2.75) is 75.9 Å². The summed E-state index contributed by atoms with van der Waals surface area (Å²) in [5.41, 5.74) is 0. The van der Waals surface area contributed by atoms with E-state index >= 15 is 0 Å². The van der Waals surface area contributed by atoms with Crippen LogP contribution in [0.3, 0.4) is 0 Å². The number of hydrogen-bond acceptors (Lipinski definition) is 6. The Bertz CT molecular complexity index is 379. The summed E-state index contributed by atoms with van der Waals surface area (Å²) in [5, 5.41) is 12.8. The maximum absolute atomic E-state index is 5.22. The highest BCUT2D eigenvalue weighted by Crippen LogP contribution is 2.16. The average molecular weight is 427 g/mol. The lowest BCUT2D eigenvalue weighted by Crippen LogP contribution is -2.31. The molecule has 30 heavy (non-hydrogen) atoms. The Kier molecular flexibility index (Phi) is 17.6. The van der Waals surface area contributed by atoms with Crippen LogP contribution >= 0.6 is 0 Å². The molecule has 2 aliphatic heterocycles. The van der Waals surface area contributed by atoms with Crippen LogP contribution < -0.4 is 21.3 Å². The van der Waals surface area contributed by atoms with E-state index in [1.807, 2.05) is 28.2 Å². The van der Waals surface area contributed by atoms with Gasteiger partial charge in [0.2, 0.25) is 0 Å². The molecular weight excluding hydrogens is 376 g/mol. The van der Waals surface area contributed by atoms with Gasteiger partial charge in [0, 0.05) is 44.6 Å². The van der Waals surface area contributed by atoms with Crippen LogP contribution in [0.2, 0.25) is 0 Å². The summed E-state index contributed by atoms with van der Waals surface area (Å²) in [6.45, 7) is 4.96. The van der Waals surface area contributed by atoms with Crippen LogP contribution in [-0.2, 0) is 9.47 Å². The number of rotatable bonds is 5. The molecule has 0 radical (unpaired) electrons. The fourth-order valence-corrected chi connectivity index (χ4v) is 3.78. The van der Waals surface area contributed by atoms with Crippen molar-refractivity contribution >= 4 is 0 Å². The fourth-order valence-electron chi connectivity index (χ4n) is 3.78. The Labute approximate surface area is 186 Å². The van der Waals surface area contributed by atoms with Crippen LogP contribution in [0.4, 0.5) is 0 Å². The van der Waals surface area contributed by atoms with Gasteiger partial charge in [-0.25, -0.2) is 0 Å². The first-order valence-corrected chi connectivity index (χ1v) is 12.2. The van der Waals surface area contributed by atoms with Crippen molar-refractivity contribution in [1.82, 2.24) is 21.3 Å². The van der Waals surface area contributed by atoms with Crippen LogP contribution in [0.1, 0.15) is 57.8 Å². The molecule has 3 fully saturated rings. The molecule has 0 amide bonds. The fraction of sp³-hybridized carbons (Fsp3) is 0.917. The number of ether oxygens (including phenoxy) is 2. The van der Waals surface area contributed by atoms with Crippen molar-refractivity contribution in [3.05, 3.63) is 12.2 Å². The molecule has 0 atom stereocenters. The Hall–Kier alpha value is -0.500. The maximum atomic E-state index is 5.22. The quantitative estimate of drug-likeness (QED) is 0.507. The molecule has 0 unspecified atom stereocenters. The van der Waals surface area contributed by atoms with Crippen molar-refractivity contribution < 1.29 is 9.47 Å². The summed E-state index contributed by atoms with van der Waals surface area (Å²) in [7, 11) is 8.06. The van der Waals surface area contributed by atoms with Crippen LogP contribution in [0.15, 0.2) is 12.2 Å². The lowest BCUT2D eigenvalue weighted by Gasteiger charge is -2.23. The predicted molar refractivity (Wildman–Crippen MR) is 128 cm³/mol. The second-order valence-corrected chi connectivity index (χ2v) is 8.63. The van der Waals surface area contributed by atoms with Gasteiger partial charge in [0.25, 0.3) is 0 Å². The maximum Gasteiger partial charge on any atom is 0.0480 e. The smallest absolute Gasteiger partial charge is 0.0480 e. The second-order valence-electron chi connectivity index (χ2n) is 8.63. The molecule has 1 saturated carbocycles. The van der Waals surface area contributed by atoms with E-state index in [0.29, 0.717) is 6.04 Å². The first kappa shape index (κ1) is 27.5. The standard InChI is InChI=1S/C7H15NO.C6H13NO.C6H11N.C5H11N/c1-8-6-7-2-4-9-5-3-7;1-7-6-2-4-8-5-3-6;1-7-6-4-2-3-5-6;1-6-5-3-2-4-5/h7-8H,2-6H2,1H3;6-7H,2-5H2,1H3;2-3,6-7H,4-5H2,1H3;5-6H,2-4H2,1H3. The zero-order valence-electron chi connectivity index (χ0n) is 20.2. The highest BCUT2D eigenvalue weighted by molar-refractivity contribution is 4.96. The molecule has 6 nitrogen and oxygen atoms in total. The first-order chi connectivity index (χ1) is 14.7. The molecule has 0 spiro atoms. The molecule has 4 aliphatic rings. The lowest BCUT2D eigenvalue weighted by atomic mass is 9.94. The van der Waals surface area contributed by atoms with Gasteiger partial charge in [-0.2, -0.15) is 0 Å². The van der Waals surface area contributed by atoms with E-state index < -0.39 is 0 Å². The molecule has 178 valence electrons. The summed E-state index contributed by atoms with van der Waals surface area (Å²) in [4.78, 5) is 0. The summed E-state index contributed by atoms with van der Waals surface area (Å²) < 4.78 is 10.4. The molecule has 0 aromatic carbocycles. The lowest BCUT2D eigenvalue weighted by molar-refractivity contribution is 0.0669. The van der Waals surface area contributed by atoms with Crippen molar-refractivity contribution in [2.24, 2.45) is 5.92 Å². The topological polar surface area (TPSA) is 66.6 Å². The molecule has 0 aromatic rings. The molecule has 2 heterocycles. The molecule has 6 heteroatoms. The van der Waals surface area contributed by atoms with Gasteiger partial charge in [-0.1, -0.05) is 18.6 Å². The monoisotopic (exact) mass is 426 g/mol. The summed E-state index contributed by atoms with van der Waals surface area (Å²) in [6.07, 6.45) is 15.9. The van der Waals surface area contributed by atoms with Crippen molar-refractivity contribution in [1.29, 1.82) is 0 Å². The van der Waals surface area contributed by atoms with Crippen LogP contribution in [0.5, 0.6) is 0 Å². The minimum absolute atomic E-state index is 0.712. The molecular formula is C24H50N4O2. The molecule has 0 aromatic heterocycles. The zero-order valence-corrected chi connectivity index (χ0v) is 20.2. The van der Waals surface area contributed by atoms with Crippen LogP contribution in [-0.4, -0.2) is 79.3 Å². The largest absolute Gasteiger partial charge is 0.381 e. The summed E-state index contributed by atoms with van der Waals surface area (Å²) in [6, 6.07) is 2.31. The average Bonchev–Trinajstić information content (AvgIpc) is 3.30. The number of nitrogens with one attached hydrogen (secondary N) is 4. The Morgan fingerprint density at radius 3 is 1.40 bits per heavy atom. The Morgan fingerprint density at radius 2 is 1.10 bits per heavy atom. The Balaban J connectivity index is 0.000000202. The Morgan fingerprint density at radius 1 is 0.633 bits per heavy atom. The molecule has 4 rings (SSSR count). The van der Waals surface area contributed by atoms with Gasteiger partial charge < -0.3 is 30.7 Å². The second kappa shape index (κ2) is 19.2. The van der Waals surface area contributed by atoms with E-state index in [-0.39, 0.29) is 0 Å². The summed E-state index contributed by atoms with van der Waals surface area (Å²) >= 11 is 0. The SMILES string of the molecule is CNC1CC=CC1.CNC1CCC1.CNC1CCOCC1.CNCC1CCOCC1. The number of hydrogen-bond donors (Lipinski definition) is 4. The zero-order chi connectivity index (χ0) is 21.9. The van der Waals surface area contributed by atoms with Gasteiger partial charge >= 0.3 is 0 Å². The third-order valence-electron chi connectivity index (χ3n) is 6.39. The van der Waals surface area contributed by atoms with E-state index in [9.17, 15) is 0 Å². The molecule has 2 saturated heterocycles. The van der Waals surface area contributed by atoms with E-state index in [0.717, 1.165) is 51.0 Å². The summed E-state index contributed by atoms with van der Waals surface area (Å²) in [5.74, 6) is 0.865. The van der Waals surface area contributed by atoms with Crippen LogP contribution in [0.25, 0.3) is 0 Å². The molecule has 2 aliphatic carbocycles. The van der Waals surface area contributed by atoms with Gasteiger partial charge in [-0.3, -0.25) is 0 Å². The minimum Gasteiger partial charge on any atom is -0.381 e. The van der Waals surface area contributed by atoms with Crippen molar-refractivity contribution in [3.8, 4) is 0 Å². The predicted octanol–water partition coefficient (Wildman–Crippen LogP) is 2.70. The van der Waals surface area contributed by atoms with Gasteiger partial charge in [0.15, 0.2) is 0 Å². The molecule has 0 bridgehead atoms. The van der Waals surface area contributed by atoms with E-state index in [1.54, 1.807) is 0 Å². The molecule has 4 N–H and O–H groups in total. The van der Waals surface area contributed by atoms with Gasteiger partial charge in [-0.05, 0) is 92.0 Å². The van der Waals surface area contributed by atoms with Crippen molar-refractivity contribution in [3.63, 3.8) is 0 Å². The third kappa shape index (κ3) is 13.7. The van der Waals surface area contributed by atoms with E-state index in [4.69, 9.17) is 9.47 Å².